The minimum absolute atomic E-state index is 0.0469. The molecule has 0 aliphatic heterocycles. The first-order chi connectivity index (χ1) is 9.82. The van der Waals surface area contributed by atoms with E-state index < -0.39 is 10.0 Å². The molecule has 0 radical (unpaired) electrons. The Morgan fingerprint density at radius 3 is 2.52 bits per heavy atom. The number of likely N-dealkylation sites (N-methyl/N-ethyl adjacent to an activating group) is 2. The summed E-state index contributed by atoms with van der Waals surface area (Å²) in [5.74, 6) is 0. The van der Waals surface area contributed by atoms with Crippen molar-refractivity contribution in [2.24, 2.45) is 0 Å². The molecular formula is C14H27N3O2S2. The van der Waals surface area contributed by atoms with E-state index in [0.717, 1.165) is 12.1 Å². The number of rotatable bonds is 9. The van der Waals surface area contributed by atoms with Crippen molar-refractivity contribution in [2.45, 2.75) is 37.6 Å². The molecule has 1 unspecified atom stereocenters. The summed E-state index contributed by atoms with van der Waals surface area (Å²) in [5, 5.41) is 5.13. The molecule has 7 heteroatoms. The fourth-order valence-corrected chi connectivity index (χ4v) is 5.27. The Balaban J connectivity index is 2.93. The monoisotopic (exact) mass is 333 g/mol. The highest BCUT2D eigenvalue weighted by molar-refractivity contribution is 7.91. The minimum Gasteiger partial charge on any atom is -0.313 e. The molecule has 5 nitrogen and oxygen atoms in total. The van der Waals surface area contributed by atoms with E-state index in [2.05, 4.69) is 5.32 Å². The van der Waals surface area contributed by atoms with Gasteiger partial charge in [0.1, 0.15) is 4.21 Å². The smallest absolute Gasteiger partial charge is 0.252 e. The topological polar surface area (TPSA) is 52.7 Å². The molecule has 0 aliphatic carbocycles. The van der Waals surface area contributed by atoms with Crippen LogP contribution >= 0.6 is 11.3 Å². The lowest BCUT2D eigenvalue weighted by Crippen LogP contribution is -2.43. The summed E-state index contributed by atoms with van der Waals surface area (Å²) in [6, 6.07) is 1.74. The van der Waals surface area contributed by atoms with Crippen molar-refractivity contribution in [1.29, 1.82) is 0 Å². The number of hydrogen-bond donors (Lipinski definition) is 1. The van der Waals surface area contributed by atoms with E-state index in [1.165, 1.54) is 11.3 Å². The van der Waals surface area contributed by atoms with E-state index in [0.29, 0.717) is 23.8 Å². The van der Waals surface area contributed by atoms with Crippen LogP contribution in [0.1, 0.15) is 26.3 Å². The maximum absolute atomic E-state index is 12.8. The fourth-order valence-electron chi connectivity index (χ4n) is 2.30. The Labute approximate surface area is 133 Å². The largest absolute Gasteiger partial charge is 0.313 e. The second kappa shape index (κ2) is 8.24. The second-order valence-corrected chi connectivity index (χ2v) is 8.40. The van der Waals surface area contributed by atoms with Crippen LogP contribution in [-0.4, -0.2) is 57.4 Å². The van der Waals surface area contributed by atoms with Gasteiger partial charge in [-0.1, -0.05) is 13.8 Å². The Morgan fingerprint density at radius 1 is 1.33 bits per heavy atom. The van der Waals surface area contributed by atoms with Crippen LogP contribution in [0.3, 0.4) is 0 Å². The summed E-state index contributed by atoms with van der Waals surface area (Å²) in [7, 11) is 0.507. The van der Waals surface area contributed by atoms with Gasteiger partial charge in [0.2, 0.25) is 0 Å². The molecule has 0 spiro atoms. The highest BCUT2D eigenvalue weighted by atomic mass is 32.2. The van der Waals surface area contributed by atoms with Gasteiger partial charge in [-0.15, -0.1) is 11.3 Å². The van der Waals surface area contributed by atoms with Crippen LogP contribution in [-0.2, 0) is 16.6 Å². The lowest BCUT2D eigenvalue weighted by molar-refractivity contribution is 0.272. The summed E-state index contributed by atoms with van der Waals surface area (Å²) in [6.07, 6.45) is 0. The van der Waals surface area contributed by atoms with Gasteiger partial charge < -0.3 is 10.2 Å². The summed E-state index contributed by atoms with van der Waals surface area (Å²) >= 11 is 1.30. The predicted octanol–water partition coefficient (Wildman–Crippen LogP) is 1.82. The predicted molar refractivity (Wildman–Crippen MR) is 89.3 cm³/mol. The van der Waals surface area contributed by atoms with Gasteiger partial charge in [-0.2, -0.15) is 4.31 Å². The quantitative estimate of drug-likeness (QED) is 0.749. The Hall–Kier alpha value is -0.470. The molecule has 0 amide bonds. The van der Waals surface area contributed by atoms with Crippen molar-refractivity contribution in [3.8, 4) is 0 Å². The third-order valence-corrected chi connectivity index (χ3v) is 6.76. The van der Waals surface area contributed by atoms with Crippen molar-refractivity contribution >= 4 is 21.4 Å². The summed E-state index contributed by atoms with van der Waals surface area (Å²) < 4.78 is 27.6. The molecule has 0 fully saturated rings. The van der Waals surface area contributed by atoms with Gasteiger partial charge in [0.05, 0.1) is 0 Å². The molecule has 1 heterocycles. The van der Waals surface area contributed by atoms with E-state index >= 15 is 0 Å². The standard InChI is InChI=1S/C14H27N3O2S2/c1-6-15-9-13-8-14(20-11-13)21(18,19)17(7-2)12(3)10-16(4)5/h8,11-12,15H,6-7,9-10H2,1-5H3. The number of nitrogens with one attached hydrogen (secondary N) is 1. The van der Waals surface area contributed by atoms with Crippen LogP contribution in [0.4, 0.5) is 0 Å². The van der Waals surface area contributed by atoms with E-state index in [1.54, 1.807) is 10.4 Å². The Morgan fingerprint density at radius 2 is 2.00 bits per heavy atom. The van der Waals surface area contributed by atoms with Gasteiger partial charge in [0, 0.05) is 25.7 Å². The van der Waals surface area contributed by atoms with Crippen LogP contribution in [0.5, 0.6) is 0 Å². The zero-order valence-electron chi connectivity index (χ0n) is 13.6. The summed E-state index contributed by atoms with van der Waals surface area (Å²) in [5.41, 5.74) is 1.02. The molecule has 1 rings (SSSR count). The third kappa shape index (κ3) is 5.03. The molecule has 21 heavy (non-hydrogen) atoms. The van der Waals surface area contributed by atoms with Gasteiger partial charge in [-0.3, -0.25) is 0 Å². The van der Waals surface area contributed by atoms with Crippen LogP contribution in [0.2, 0.25) is 0 Å². The average molecular weight is 334 g/mol. The van der Waals surface area contributed by atoms with Gasteiger partial charge in [0.25, 0.3) is 10.0 Å². The molecular weight excluding hydrogens is 306 g/mol. The van der Waals surface area contributed by atoms with Gasteiger partial charge in [-0.05, 0) is 44.6 Å². The Bertz CT molecular complexity index is 526. The number of hydrogen-bond acceptors (Lipinski definition) is 5. The highest BCUT2D eigenvalue weighted by Crippen LogP contribution is 2.25. The lowest BCUT2D eigenvalue weighted by atomic mass is 10.3. The van der Waals surface area contributed by atoms with Crippen molar-refractivity contribution in [3.63, 3.8) is 0 Å². The molecule has 1 N–H and O–H groups in total. The summed E-state index contributed by atoms with van der Waals surface area (Å²) in [4.78, 5) is 2.01. The van der Waals surface area contributed by atoms with Crippen molar-refractivity contribution in [3.05, 3.63) is 17.0 Å². The fraction of sp³-hybridized carbons (Fsp3) is 0.714. The highest BCUT2D eigenvalue weighted by Gasteiger charge is 2.29. The third-order valence-electron chi connectivity index (χ3n) is 3.20. The molecule has 0 aliphatic rings. The normalized spacial score (nSPS) is 14.0. The lowest BCUT2D eigenvalue weighted by Gasteiger charge is -2.28. The molecule has 0 saturated heterocycles. The minimum atomic E-state index is -3.40. The Kier molecular flexibility index (Phi) is 7.29. The van der Waals surface area contributed by atoms with Gasteiger partial charge in [-0.25, -0.2) is 8.42 Å². The van der Waals surface area contributed by atoms with E-state index in [-0.39, 0.29) is 6.04 Å². The average Bonchev–Trinajstić information content (AvgIpc) is 2.85. The molecule has 1 aromatic heterocycles. The SMILES string of the molecule is CCNCc1csc(S(=O)(=O)N(CC)C(C)CN(C)C)c1. The zero-order chi connectivity index (χ0) is 16.0. The van der Waals surface area contributed by atoms with Gasteiger partial charge in [0.15, 0.2) is 0 Å². The molecule has 122 valence electrons. The van der Waals surface area contributed by atoms with Crippen molar-refractivity contribution in [2.75, 3.05) is 33.7 Å². The van der Waals surface area contributed by atoms with E-state index in [4.69, 9.17) is 0 Å². The zero-order valence-corrected chi connectivity index (χ0v) is 15.2. The van der Waals surface area contributed by atoms with Crippen molar-refractivity contribution < 1.29 is 8.42 Å². The summed E-state index contributed by atoms with van der Waals surface area (Å²) in [6.45, 7) is 8.65. The molecule has 0 bridgehead atoms. The molecule has 0 aromatic carbocycles. The van der Waals surface area contributed by atoms with Crippen LogP contribution in [0.25, 0.3) is 0 Å². The first-order valence-corrected chi connectivity index (χ1v) is 9.59. The molecule has 1 atom stereocenters. The van der Waals surface area contributed by atoms with Crippen molar-refractivity contribution in [1.82, 2.24) is 14.5 Å². The number of thiophene rings is 1. The van der Waals surface area contributed by atoms with Crippen LogP contribution in [0, 0.1) is 0 Å². The van der Waals surface area contributed by atoms with Gasteiger partial charge >= 0.3 is 0 Å². The molecule has 0 saturated carbocycles. The second-order valence-electron chi connectivity index (χ2n) is 5.37. The maximum Gasteiger partial charge on any atom is 0.252 e. The number of nitrogens with zero attached hydrogens (tertiary/aromatic N) is 2. The maximum atomic E-state index is 12.8. The molecule has 1 aromatic rings. The number of sulfonamides is 1. The van der Waals surface area contributed by atoms with E-state index in [1.807, 2.05) is 45.1 Å². The van der Waals surface area contributed by atoms with Crippen LogP contribution in [0.15, 0.2) is 15.7 Å². The van der Waals surface area contributed by atoms with E-state index in [9.17, 15) is 8.42 Å². The van der Waals surface area contributed by atoms with Crippen LogP contribution < -0.4 is 5.32 Å². The first-order valence-electron chi connectivity index (χ1n) is 7.27. The first kappa shape index (κ1) is 18.6.